The third kappa shape index (κ3) is 2.62. The molecule has 1 saturated heterocycles. The van der Waals surface area contributed by atoms with Crippen LogP contribution in [0.1, 0.15) is 30.3 Å². The number of hydrogen-bond donors (Lipinski definition) is 1. The minimum Gasteiger partial charge on any atom is -0.394 e. The minimum absolute atomic E-state index is 0.0151. The van der Waals surface area contributed by atoms with Crippen LogP contribution in [0.15, 0.2) is 6.07 Å². The van der Waals surface area contributed by atoms with E-state index in [2.05, 4.69) is 6.92 Å². The lowest BCUT2D eigenvalue weighted by atomic mass is 9.91. The summed E-state index contributed by atoms with van der Waals surface area (Å²) in [6, 6.07) is 1.45. The first kappa shape index (κ1) is 14.7. The number of aromatic nitrogens is 1. The van der Waals surface area contributed by atoms with Crippen LogP contribution in [0.2, 0.25) is 10.2 Å². The van der Waals surface area contributed by atoms with Crippen LogP contribution in [0.25, 0.3) is 0 Å². The highest BCUT2D eigenvalue weighted by Crippen LogP contribution is 2.29. The van der Waals surface area contributed by atoms with Crippen molar-refractivity contribution in [1.82, 2.24) is 9.47 Å². The molecule has 2 rings (SSSR count). The molecule has 1 amide bonds. The molecular weight excluding hydrogens is 287 g/mol. The number of amides is 1. The summed E-state index contributed by atoms with van der Waals surface area (Å²) in [5.74, 6) is 0.177. The van der Waals surface area contributed by atoms with E-state index in [1.165, 1.54) is 0 Å². The molecule has 6 heteroatoms. The van der Waals surface area contributed by atoms with Gasteiger partial charge in [-0.05, 0) is 24.8 Å². The second kappa shape index (κ2) is 5.73. The molecule has 19 heavy (non-hydrogen) atoms. The predicted molar refractivity (Wildman–Crippen MR) is 75.7 cm³/mol. The Kier molecular flexibility index (Phi) is 4.43. The Morgan fingerprint density at radius 3 is 2.74 bits per heavy atom. The highest BCUT2D eigenvalue weighted by molar-refractivity contribution is 6.41. The van der Waals surface area contributed by atoms with E-state index in [-0.39, 0.29) is 18.6 Å². The van der Waals surface area contributed by atoms with E-state index in [9.17, 15) is 9.90 Å². The summed E-state index contributed by atoms with van der Waals surface area (Å²) < 4.78 is 1.58. The molecule has 0 aliphatic carbocycles. The van der Waals surface area contributed by atoms with Crippen LogP contribution in [0.5, 0.6) is 0 Å². The van der Waals surface area contributed by atoms with Crippen LogP contribution in [-0.2, 0) is 7.05 Å². The Morgan fingerprint density at radius 1 is 1.53 bits per heavy atom. The minimum atomic E-state index is -0.131. The molecule has 1 aliphatic heterocycles. The molecule has 0 saturated carbocycles. The molecule has 2 unspecified atom stereocenters. The van der Waals surface area contributed by atoms with E-state index >= 15 is 0 Å². The SMILES string of the molecule is CC1CCCN(C(=O)c2cc(Cl)c(Cl)n2C)C1CO. The van der Waals surface area contributed by atoms with Gasteiger partial charge in [0.1, 0.15) is 10.8 Å². The van der Waals surface area contributed by atoms with Gasteiger partial charge in [0.2, 0.25) is 0 Å². The van der Waals surface area contributed by atoms with Gasteiger partial charge in [-0.15, -0.1) is 0 Å². The van der Waals surface area contributed by atoms with Crippen molar-refractivity contribution >= 4 is 29.1 Å². The van der Waals surface area contributed by atoms with Crippen molar-refractivity contribution in [2.24, 2.45) is 13.0 Å². The first-order chi connectivity index (χ1) is 8.97. The number of nitrogens with zero attached hydrogens (tertiary/aromatic N) is 2. The largest absolute Gasteiger partial charge is 0.394 e. The van der Waals surface area contributed by atoms with Crippen molar-refractivity contribution in [2.45, 2.75) is 25.8 Å². The van der Waals surface area contributed by atoms with Gasteiger partial charge in [0, 0.05) is 13.6 Å². The van der Waals surface area contributed by atoms with Crippen molar-refractivity contribution in [3.63, 3.8) is 0 Å². The van der Waals surface area contributed by atoms with Crippen molar-refractivity contribution < 1.29 is 9.90 Å². The van der Waals surface area contributed by atoms with E-state index in [4.69, 9.17) is 23.2 Å². The Bertz CT molecular complexity index is 487. The lowest BCUT2D eigenvalue weighted by Crippen LogP contribution is -2.50. The number of aliphatic hydroxyl groups excluding tert-OH is 1. The number of aliphatic hydroxyl groups is 1. The van der Waals surface area contributed by atoms with Gasteiger partial charge in [-0.1, -0.05) is 30.1 Å². The van der Waals surface area contributed by atoms with Crippen LogP contribution >= 0.6 is 23.2 Å². The first-order valence-corrected chi connectivity index (χ1v) is 7.15. The second-order valence-electron chi connectivity index (χ2n) is 5.10. The maximum Gasteiger partial charge on any atom is 0.270 e. The van der Waals surface area contributed by atoms with Gasteiger partial charge in [0.05, 0.1) is 17.7 Å². The molecule has 4 nitrogen and oxygen atoms in total. The molecule has 0 spiro atoms. The molecule has 0 bridgehead atoms. The lowest BCUT2D eigenvalue weighted by molar-refractivity contribution is 0.0350. The Hall–Kier alpha value is -0.710. The smallest absolute Gasteiger partial charge is 0.270 e. The van der Waals surface area contributed by atoms with Crippen molar-refractivity contribution in [1.29, 1.82) is 0 Å². The molecule has 1 aromatic heterocycles. The molecular formula is C13H18Cl2N2O2. The van der Waals surface area contributed by atoms with E-state index < -0.39 is 0 Å². The summed E-state index contributed by atoms with van der Waals surface area (Å²) in [5.41, 5.74) is 0.461. The molecule has 0 aromatic carbocycles. The fourth-order valence-corrected chi connectivity index (χ4v) is 3.05. The van der Waals surface area contributed by atoms with Gasteiger partial charge < -0.3 is 14.6 Å². The number of piperidine rings is 1. The van der Waals surface area contributed by atoms with Gasteiger partial charge in [0.15, 0.2) is 0 Å². The third-order valence-corrected chi connectivity index (χ3v) is 4.74. The molecule has 1 aliphatic rings. The van der Waals surface area contributed by atoms with Crippen molar-refractivity contribution in [2.75, 3.05) is 13.2 Å². The monoisotopic (exact) mass is 304 g/mol. The fraction of sp³-hybridized carbons (Fsp3) is 0.615. The molecule has 0 radical (unpaired) electrons. The number of likely N-dealkylation sites (tertiary alicyclic amines) is 1. The van der Waals surface area contributed by atoms with Crippen LogP contribution < -0.4 is 0 Å². The van der Waals surface area contributed by atoms with E-state index in [0.717, 1.165) is 12.8 Å². The maximum atomic E-state index is 12.6. The van der Waals surface area contributed by atoms with E-state index in [0.29, 0.717) is 28.3 Å². The standard InChI is InChI=1S/C13H18Cl2N2O2/c1-8-4-3-5-17(11(8)7-18)13(19)10-6-9(14)12(15)16(10)2/h6,8,11,18H,3-5,7H2,1-2H3. The van der Waals surface area contributed by atoms with Gasteiger partial charge in [0.25, 0.3) is 5.91 Å². The van der Waals surface area contributed by atoms with Gasteiger partial charge >= 0.3 is 0 Å². The summed E-state index contributed by atoms with van der Waals surface area (Å²) in [6.45, 7) is 2.71. The summed E-state index contributed by atoms with van der Waals surface area (Å²) in [6.07, 6.45) is 1.99. The zero-order chi connectivity index (χ0) is 14.2. The van der Waals surface area contributed by atoms with Crippen molar-refractivity contribution in [3.8, 4) is 0 Å². The van der Waals surface area contributed by atoms with Crippen LogP contribution in [0.3, 0.4) is 0 Å². The first-order valence-electron chi connectivity index (χ1n) is 6.40. The number of carbonyl (C=O) groups excluding carboxylic acids is 1. The highest BCUT2D eigenvalue weighted by atomic mass is 35.5. The van der Waals surface area contributed by atoms with Gasteiger partial charge in [-0.2, -0.15) is 0 Å². The van der Waals surface area contributed by atoms with E-state index in [1.54, 1.807) is 22.6 Å². The zero-order valence-electron chi connectivity index (χ0n) is 11.1. The highest BCUT2D eigenvalue weighted by Gasteiger charge is 2.33. The zero-order valence-corrected chi connectivity index (χ0v) is 12.6. The average Bonchev–Trinajstić information content (AvgIpc) is 2.65. The number of halogens is 2. The molecule has 1 fully saturated rings. The Labute approximate surface area is 122 Å². The number of carbonyl (C=O) groups is 1. The Balaban J connectivity index is 2.29. The third-order valence-electron chi connectivity index (χ3n) is 3.90. The topological polar surface area (TPSA) is 45.5 Å². The molecule has 106 valence electrons. The molecule has 1 aromatic rings. The number of rotatable bonds is 2. The Morgan fingerprint density at radius 2 is 2.21 bits per heavy atom. The summed E-state index contributed by atoms with van der Waals surface area (Å²) in [4.78, 5) is 14.3. The van der Waals surface area contributed by atoms with Crippen LogP contribution in [0.4, 0.5) is 0 Å². The summed E-state index contributed by atoms with van der Waals surface area (Å²) >= 11 is 11.9. The van der Waals surface area contributed by atoms with Crippen LogP contribution in [-0.4, -0.2) is 39.7 Å². The molecule has 1 N–H and O–H groups in total. The van der Waals surface area contributed by atoms with Crippen LogP contribution in [0, 0.1) is 5.92 Å². The summed E-state index contributed by atoms with van der Waals surface area (Å²) in [5, 5.41) is 10.2. The predicted octanol–water partition coefficient (Wildman–Crippen LogP) is 2.56. The van der Waals surface area contributed by atoms with Crippen molar-refractivity contribution in [3.05, 3.63) is 21.9 Å². The van der Waals surface area contributed by atoms with E-state index in [1.807, 2.05) is 0 Å². The lowest BCUT2D eigenvalue weighted by Gasteiger charge is -2.39. The average molecular weight is 305 g/mol. The quantitative estimate of drug-likeness (QED) is 0.913. The maximum absolute atomic E-state index is 12.6. The fourth-order valence-electron chi connectivity index (χ4n) is 2.67. The normalized spacial score (nSPS) is 23.7. The summed E-state index contributed by atoms with van der Waals surface area (Å²) in [7, 11) is 1.71. The van der Waals surface area contributed by atoms with Gasteiger partial charge in [-0.3, -0.25) is 4.79 Å². The van der Waals surface area contributed by atoms with Gasteiger partial charge in [-0.25, -0.2) is 0 Å². The second-order valence-corrected chi connectivity index (χ2v) is 5.86. The molecule has 2 atom stereocenters. The molecule has 2 heterocycles. The number of hydrogen-bond acceptors (Lipinski definition) is 2.